The van der Waals surface area contributed by atoms with E-state index in [-0.39, 0.29) is 11.5 Å². The highest BCUT2D eigenvalue weighted by molar-refractivity contribution is 5.02. The molecule has 0 radical (unpaired) electrons. The van der Waals surface area contributed by atoms with Gasteiger partial charge in [-0.2, -0.15) is 0 Å². The van der Waals surface area contributed by atoms with Gasteiger partial charge in [0.2, 0.25) is 0 Å². The molecule has 78 valence electrons. The first-order chi connectivity index (χ1) is 6.08. The fourth-order valence-electron chi connectivity index (χ4n) is 2.35. The van der Waals surface area contributed by atoms with Crippen LogP contribution in [-0.4, -0.2) is 17.8 Å². The van der Waals surface area contributed by atoms with Crippen molar-refractivity contribution >= 4 is 0 Å². The van der Waals surface area contributed by atoms with E-state index < -0.39 is 0 Å². The number of aliphatic hydroxyl groups excluding tert-OH is 1. The molecule has 0 saturated heterocycles. The highest BCUT2D eigenvalue weighted by atomic mass is 16.3. The van der Waals surface area contributed by atoms with Crippen molar-refractivity contribution in [1.29, 1.82) is 0 Å². The van der Waals surface area contributed by atoms with Gasteiger partial charge in [0.15, 0.2) is 0 Å². The normalized spacial score (nSPS) is 24.5. The molecule has 0 aliphatic heterocycles. The van der Waals surface area contributed by atoms with Crippen molar-refractivity contribution in [3.05, 3.63) is 0 Å². The Morgan fingerprint density at radius 1 is 1.38 bits per heavy atom. The van der Waals surface area contributed by atoms with Crippen LogP contribution in [-0.2, 0) is 0 Å². The molecular weight excluding hydrogens is 162 g/mol. The lowest BCUT2D eigenvalue weighted by atomic mass is 9.79. The average molecular weight is 185 g/mol. The second kappa shape index (κ2) is 3.97. The number of rotatable bonds is 5. The van der Waals surface area contributed by atoms with Gasteiger partial charge in [-0.05, 0) is 43.1 Å². The van der Waals surface area contributed by atoms with E-state index in [9.17, 15) is 5.11 Å². The molecule has 0 heterocycles. The monoisotopic (exact) mass is 185 g/mol. The van der Waals surface area contributed by atoms with Gasteiger partial charge in [-0.15, -0.1) is 0 Å². The number of hydrogen-bond acceptors (Lipinski definition) is 2. The van der Waals surface area contributed by atoms with Gasteiger partial charge in [-0.1, -0.05) is 20.8 Å². The number of aliphatic hydroxyl groups is 1. The van der Waals surface area contributed by atoms with Crippen LogP contribution in [0, 0.1) is 17.3 Å². The summed E-state index contributed by atoms with van der Waals surface area (Å²) in [6, 6.07) is 0. The van der Waals surface area contributed by atoms with E-state index in [0.29, 0.717) is 18.4 Å². The van der Waals surface area contributed by atoms with Crippen LogP contribution >= 0.6 is 0 Å². The van der Waals surface area contributed by atoms with E-state index in [4.69, 9.17) is 5.73 Å². The minimum atomic E-state index is -0.178. The molecule has 2 unspecified atom stereocenters. The van der Waals surface area contributed by atoms with E-state index in [0.717, 1.165) is 6.42 Å². The Bertz CT molecular complexity index is 159. The van der Waals surface area contributed by atoms with Crippen LogP contribution in [0.5, 0.6) is 0 Å². The summed E-state index contributed by atoms with van der Waals surface area (Å²) in [6.45, 7) is 7.14. The van der Waals surface area contributed by atoms with E-state index in [2.05, 4.69) is 20.8 Å². The molecule has 0 aromatic heterocycles. The zero-order valence-corrected chi connectivity index (χ0v) is 9.09. The summed E-state index contributed by atoms with van der Waals surface area (Å²) >= 11 is 0. The lowest BCUT2D eigenvalue weighted by molar-refractivity contribution is 0.0156. The highest BCUT2D eigenvalue weighted by Gasteiger charge is 2.52. The van der Waals surface area contributed by atoms with E-state index in [1.165, 1.54) is 12.8 Å². The first-order valence-corrected chi connectivity index (χ1v) is 5.46. The molecule has 2 atom stereocenters. The molecule has 2 heteroatoms. The molecule has 13 heavy (non-hydrogen) atoms. The van der Waals surface area contributed by atoms with Crippen LogP contribution in [0.2, 0.25) is 0 Å². The molecule has 1 saturated carbocycles. The average Bonchev–Trinajstić information content (AvgIpc) is 2.86. The van der Waals surface area contributed by atoms with Gasteiger partial charge in [0, 0.05) is 0 Å². The SMILES string of the molecule is CCC(CN)C(O)C1(C(C)C)CC1. The van der Waals surface area contributed by atoms with Crippen LogP contribution in [0.1, 0.15) is 40.0 Å². The summed E-state index contributed by atoms with van der Waals surface area (Å²) in [5.41, 5.74) is 5.86. The standard InChI is InChI=1S/C11H23NO/c1-4-9(7-12)10(13)11(5-6-11)8(2)3/h8-10,13H,4-7,12H2,1-3H3. The van der Waals surface area contributed by atoms with Gasteiger partial charge in [-0.25, -0.2) is 0 Å². The quantitative estimate of drug-likeness (QED) is 0.685. The second-order valence-corrected chi connectivity index (χ2v) is 4.74. The van der Waals surface area contributed by atoms with Crippen molar-refractivity contribution in [3.63, 3.8) is 0 Å². The van der Waals surface area contributed by atoms with Crippen molar-refractivity contribution in [2.45, 2.75) is 46.1 Å². The van der Waals surface area contributed by atoms with Gasteiger partial charge in [0.25, 0.3) is 0 Å². The Labute approximate surface area is 81.5 Å². The van der Waals surface area contributed by atoms with Crippen LogP contribution in [0.25, 0.3) is 0 Å². The Balaban J connectivity index is 2.60. The highest BCUT2D eigenvalue weighted by Crippen LogP contribution is 2.56. The van der Waals surface area contributed by atoms with E-state index >= 15 is 0 Å². The van der Waals surface area contributed by atoms with Crippen LogP contribution in [0.15, 0.2) is 0 Å². The molecule has 0 aromatic carbocycles. The molecule has 2 nitrogen and oxygen atoms in total. The molecule has 1 aliphatic carbocycles. The first-order valence-electron chi connectivity index (χ1n) is 5.46. The summed E-state index contributed by atoms with van der Waals surface area (Å²) in [5, 5.41) is 10.2. The second-order valence-electron chi connectivity index (χ2n) is 4.74. The minimum Gasteiger partial charge on any atom is -0.392 e. The summed E-state index contributed by atoms with van der Waals surface area (Å²) in [6.07, 6.45) is 3.18. The van der Waals surface area contributed by atoms with Crippen molar-refractivity contribution in [2.75, 3.05) is 6.54 Å². The first kappa shape index (κ1) is 11.0. The molecule has 1 fully saturated rings. The molecule has 0 bridgehead atoms. The lowest BCUT2D eigenvalue weighted by Gasteiger charge is -2.31. The van der Waals surface area contributed by atoms with Crippen molar-refractivity contribution < 1.29 is 5.11 Å². The topological polar surface area (TPSA) is 46.2 Å². The Hall–Kier alpha value is -0.0800. The maximum atomic E-state index is 10.2. The summed E-state index contributed by atoms with van der Waals surface area (Å²) in [5.74, 6) is 0.882. The third-order valence-electron chi connectivity index (χ3n) is 3.84. The summed E-state index contributed by atoms with van der Waals surface area (Å²) in [4.78, 5) is 0. The van der Waals surface area contributed by atoms with Crippen molar-refractivity contribution in [2.24, 2.45) is 23.0 Å². The Morgan fingerprint density at radius 3 is 2.15 bits per heavy atom. The molecular formula is C11H23NO. The fourth-order valence-corrected chi connectivity index (χ4v) is 2.35. The third-order valence-corrected chi connectivity index (χ3v) is 3.84. The van der Waals surface area contributed by atoms with Gasteiger partial charge in [0.05, 0.1) is 6.10 Å². The summed E-state index contributed by atoms with van der Waals surface area (Å²) in [7, 11) is 0. The van der Waals surface area contributed by atoms with Crippen LogP contribution in [0.3, 0.4) is 0 Å². The van der Waals surface area contributed by atoms with Gasteiger partial charge in [0.1, 0.15) is 0 Å². The number of hydrogen-bond donors (Lipinski definition) is 2. The maximum Gasteiger partial charge on any atom is 0.0638 e. The third kappa shape index (κ3) is 1.89. The van der Waals surface area contributed by atoms with Gasteiger partial charge < -0.3 is 10.8 Å². The predicted molar refractivity (Wildman–Crippen MR) is 55.3 cm³/mol. The zero-order valence-electron chi connectivity index (χ0n) is 9.09. The predicted octanol–water partition coefficient (Wildman–Crippen LogP) is 1.77. The number of nitrogens with two attached hydrogens (primary N) is 1. The van der Waals surface area contributed by atoms with Crippen molar-refractivity contribution in [3.8, 4) is 0 Å². The van der Waals surface area contributed by atoms with Crippen molar-refractivity contribution in [1.82, 2.24) is 0 Å². The molecule has 0 aromatic rings. The minimum absolute atomic E-state index is 0.178. The smallest absolute Gasteiger partial charge is 0.0638 e. The molecule has 0 spiro atoms. The molecule has 1 rings (SSSR count). The molecule has 1 aliphatic rings. The Kier molecular flexibility index (Phi) is 3.36. The van der Waals surface area contributed by atoms with Gasteiger partial charge in [-0.3, -0.25) is 0 Å². The molecule has 3 N–H and O–H groups in total. The Morgan fingerprint density at radius 2 is 1.92 bits per heavy atom. The lowest BCUT2D eigenvalue weighted by Crippen LogP contribution is -2.37. The maximum absolute atomic E-state index is 10.2. The van der Waals surface area contributed by atoms with E-state index in [1.54, 1.807) is 0 Å². The van der Waals surface area contributed by atoms with E-state index in [1.807, 2.05) is 0 Å². The molecule has 0 amide bonds. The van der Waals surface area contributed by atoms with Crippen LogP contribution < -0.4 is 5.73 Å². The summed E-state index contributed by atoms with van der Waals surface area (Å²) < 4.78 is 0. The van der Waals surface area contributed by atoms with Gasteiger partial charge >= 0.3 is 0 Å². The fraction of sp³-hybridized carbons (Fsp3) is 1.00. The zero-order chi connectivity index (χ0) is 10.1. The largest absolute Gasteiger partial charge is 0.392 e. The van der Waals surface area contributed by atoms with Crippen LogP contribution in [0.4, 0.5) is 0 Å².